The molecular formula is C12H17N5. The van der Waals surface area contributed by atoms with Gasteiger partial charge in [0.2, 0.25) is 0 Å². The van der Waals surface area contributed by atoms with Crippen LogP contribution in [0.25, 0.3) is 5.65 Å². The van der Waals surface area contributed by atoms with E-state index in [0.717, 1.165) is 30.9 Å². The van der Waals surface area contributed by atoms with E-state index in [-0.39, 0.29) is 0 Å². The highest BCUT2D eigenvalue weighted by Gasteiger charge is 2.24. The minimum absolute atomic E-state index is 0.511. The molecule has 0 unspecified atom stereocenters. The van der Waals surface area contributed by atoms with Gasteiger partial charge in [-0.05, 0) is 38.1 Å². The second-order valence-corrected chi connectivity index (χ2v) is 4.82. The number of hydrogen-bond donors (Lipinski definition) is 1. The van der Waals surface area contributed by atoms with Crippen molar-refractivity contribution in [3.63, 3.8) is 0 Å². The predicted octanol–water partition coefficient (Wildman–Crippen LogP) is 1.36. The quantitative estimate of drug-likeness (QED) is 0.847. The van der Waals surface area contributed by atoms with Crippen LogP contribution in [0.4, 0.5) is 0 Å². The number of aromatic nitrogens is 4. The van der Waals surface area contributed by atoms with Crippen molar-refractivity contribution in [1.29, 1.82) is 0 Å². The molecule has 17 heavy (non-hydrogen) atoms. The summed E-state index contributed by atoms with van der Waals surface area (Å²) in [6.07, 6.45) is 8.29. The lowest BCUT2D eigenvalue weighted by Gasteiger charge is -2.26. The van der Waals surface area contributed by atoms with Crippen LogP contribution in [0.5, 0.6) is 0 Å². The highest BCUT2D eigenvalue weighted by molar-refractivity contribution is 5.35. The van der Waals surface area contributed by atoms with E-state index in [1.165, 1.54) is 12.8 Å². The Hall–Kier alpha value is -1.49. The first kappa shape index (κ1) is 10.7. The fourth-order valence-corrected chi connectivity index (χ4v) is 2.70. The molecule has 1 aliphatic rings. The molecule has 1 fully saturated rings. The molecule has 0 radical (unpaired) electrons. The van der Waals surface area contributed by atoms with Crippen molar-refractivity contribution in [1.82, 2.24) is 19.6 Å². The molecule has 0 bridgehead atoms. The van der Waals surface area contributed by atoms with Crippen molar-refractivity contribution in [2.75, 3.05) is 6.54 Å². The third kappa shape index (κ3) is 1.91. The summed E-state index contributed by atoms with van der Waals surface area (Å²) in [7, 11) is 0. The molecular weight excluding hydrogens is 214 g/mol. The molecule has 5 heteroatoms. The number of fused-ring (bicyclic) bond motifs is 1. The third-order valence-corrected chi connectivity index (χ3v) is 3.79. The minimum Gasteiger partial charge on any atom is -0.330 e. The number of rotatable bonds is 2. The lowest BCUT2D eigenvalue weighted by molar-refractivity contribution is 0.324. The smallest absolute Gasteiger partial charge is 0.163 e. The highest BCUT2D eigenvalue weighted by Crippen LogP contribution is 2.34. The topological polar surface area (TPSA) is 69.1 Å². The Kier molecular flexibility index (Phi) is 2.76. The van der Waals surface area contributed by atoms with Gasteiger partial charge >= 0.3 is 0 Å². The molecule has 3 rings (SSSR count). The molecule has 0 spiro atoms. The zero-order valence-corrected chi connectivity index (χ0v) is 9.79. The second kappa shape index (κ2) is 4.41. The van der Waals surface area contributed by atoms with E-state index in [1.807, 2.05) is 10.5 Å². The van der Waals surface area contributed by atoms with Crippen LogP contribution in [0.15, 0.2) is 18.6 Å². The Morgan fingerprint density at radius 1 is 1.24 bits per heavy atom. The van der Waals surface area contributed by atoms with Crippen molar-refractivity contribution < 1.29 is 0 Å². The van der Waals surface area contributed by atoms with E-state index >= 15 is 0 Å². The van der Waals surface area contributed by atoms with Crippen LogP contribution in [0, 0.1) is 5.92 Å². The van der Waals surface area contributed by atoms with E-state index in [4.69, 9.17) is 5.73 Å². The summed E-state index contributed by atoms with van der Waals surface area (Å²) in [6.45, 7) is 0.814. The van der Waals surface area contributed by atoms with Gasteiger partial charge in [-0.1, -0.05) is 0 Å². The Morgan fingerprint density at radius 3 is 2.82 bits per heavy atom. The van der Waals surface area contributed by atoms with Gasteiger partial charge in [0.25, 0.3) is 0 Å². The summed E-state index contributed by atoms with van der Waals surface area (Å²) >= 11 is 0. The van der Waals surface area contributed by atoms with Gasteiger partial charge in [0.05, 0.1) is 0 Å². The maximum Gasteiger partial charge on any atom is 0.163 e. The van der Waals surface area contributed by atoms with Crippen molar-refractivity contribution in [3.05, 3.63) is 24.4 Å². The zero-order chi connectivity index (χ0) is 11.7. The van der Waals surface area contributed by atoms with Crippen LogP contribution in [0.3, 0.4) is 0 Å². The summed E-state index contributed by atoms with van der Waals surface area (Å²) < 4.78 is 2.01. The Balaban J connectivity index is 1.85. The van der Waals surface area contributed by atoms with E-state index < -0.39 is 0 Å². The van der Waals surface area contributed by atoms with Crippen LogP contribution in [0.2, 0.25) is 0 Å². The lowest BCUT2D eigenvalue weighted by atomic mass is 9.82. The van der Waals surface area contributed by atoms with Crippen molar-refractivity contribution >= 4 is 5.65 Å². The normalized spacial score (nSPS) is 25.2. The minimum atomic E-state index is 0.511. The van der Waals surface area contributed by atoms with Crippen LogP contribution in [-0.4, -0.2) is 26.1 Å². The van der Waals surface area contributed by atoms with Gasteiger partial charge in [0, 0.05) is 18.2 Å². The molecule has 0 aliphatic heterocycles. The van der Waals surface area contributed by atoms with Gasteiger partial charge in [-0.25, -0.2) is 4.98 Å². The van der Waals surface area contributed by atoms with E-state index in [9.17, 15) is 0 Å². The van der Waals surface area contributed by atoms with Crippen molar-refractivity contribution in [3.8, 4) is 0 Å². The Morgan fingerprint density at radius 2 is 2.06 bits per heavy atom. The van der Waals surface area contributed by atoms with Crippen molar-refractivity contribution in [2.45, 2.75) is 31.6 Å². The molecule has 0 saturated heterocycles. The molecule has 1 aliphatic carbocycles. The van der Waals surface area contributed by atoms with Gasteiger partial charge in [-0.2, -0.15) is 0 Å². The molecule has 0 atom stereocenters. The third-order valence-electron chi connectivity index (χ3n) is 3.79. The first-order valence-electron chi connectivity index (χ1n) is 6.23. The average molecular weight is 231 g/mol. The number of nitrogens with two attached hydrogens (primary N) is 1. The number of hydrogen-bond acceptors (Lipinski definition) is 4. The SMILES string of the molecule is NCC1CCC(c2nnc3ccncn23)CC1. The molecule has 2 N–H and O–H groups in total. The maximum absolute atomic E-state index is 5.71. The molecule has 2 heterocycles. The van der Waals surface area contributed by atoms with Gasteiger partial charge in [-0.15, -0.1) is 10.2 Å². The molecule has 2 aromatic rings. The largest absolute Gasteiger partial charge is 0.330 e. The van der Waals surface area contributed by atoms with Crippen LogP contribution < -0.4 is 5.73 Å². The monoisotopic (exact) mass is 231 g/mol. The first-order chi connectivity index (χ1) is 8.38. The molecule has 90 valence electrons. The molecule has 0 aromatic carbocycles. The molecule has 5 nitrogen and oxygen atoms in total. The molecule has 2 aromatic heterocycles. The van der Waals surface area contributed by atoms with Crippen LogP contribution in [-0.2, 0) is 0 Å². The van der Waals surface area contributed by atoms with Crippen LogP contribution in [0.1, 0.15) is 37.4 Å². The lowest BCUT2D eigenvalue weighted by Crippen LogP contribution is -2.21. The predicted molar refractivity (Wildman–Crippen MR) is 64.5 cm³/mol. The maximum atomic E-state index is 5.71. The zero-order valence-electron chi connectivity index (χ0n) is 9.79. The number of nitrogens with zero attached hydrogens (tertiary/aromatic N) is 4. The van der Waals surface area contributed by atoms with Gasteiger partial charge in [-0.3, -0.25) is 4.40 Å². The Labute approximate surface area is 100 Å². The average Bonchev–Trinajstić information content (AvgIpc) is 2.83. The second-order valence-electron chi connectivity index (χ2n) is 4.82. The molecule has 1 saturated carbocycles. The summed E-state index contributed by atoms with van der Waals surface area (Å²) in [4.78, 5) is 4.13. The van der Waals surface area contributed by atoms with Crippen LogP contribution >= 0.6 is 0 Å². The van der Waals surface area contributed by atoms with Gasteiger partial charge in [0.1, 0.15) is 12.2 Å². The van der Waals surface area contributed by atoms with Gasteiger partial charge in [0.15, 0.2) is 5.65 Å². The fourth-order valence-electron chi connectivity index (χ4n) is 2.70. The Bertz CT molecular complexity index is 498. The standard InChI is InChI=1S/C12H17N5/c13-7-9-1-3-10(4-2-9)12-16-15-11-5-6-14-8-17(11)12/h5-6,8-10H,1-4,7,13H2. The first-order valence-corrected chi connectivity index (χ1v) is 6.23. The summed E-state index contributed by atoms with van der Waals surface area (Å²) in [6, 6.07) is 1.89. The summed E-state index contributed by atoms with van der Waals surface area (Å²) in [5.74, 6) is 2.27. The van der Waals surface area contributed by atoms with Gasteiger partial charge < -0.3 is 5.73 Å². The highest BCUT2D eigenvalue weighted by atomic mass is 15.3. The van der Waals surface area contributed by atoms with E-state index in [1.54, 1.807) is 12.5 Å². The summed E-state index contributed by atoms with van der Waals surface area (Å²) in [5.41, 5.74) is 6.60. The fraction of sp³-hybridized carbons (Fsp3) is 0.583. The van der Waals surface area contributed by atoms with E-state index in [0.29, 0.717) is 11.8 Å². The van der Waals surface area contributed by atoms with Crippen molar-refractivity contribution in [2.24, 2.45) is 11.7 Å². The molecule has 0 amide bonds. The van der Waals surface area contributed by atoms with E-state index in [2.05, 4.69) is 15.2 Å². The summed E-state index contributed by atoms with van der Waals surface area (Å²) in [5, 5.41) is 8.49.